The molecule has 100 valence electrons. The van der Waals surface area contributed by atoms with Crippen molar-refractivity contribution in [2.75, 3.05) is 0 Å². The molecule has 3 rings (SSSR count). The van der Waals surface area contributed by atoms with Crippen molar-refractivity contribution >= 4 is 0 Å². The van der Waals surface area contributed by atoms with E-state index in [2.05, 4.69) is 16.0 Å². The zero-order valence-electron chi connectivity index (χ0n) is 11.3. The fraction of sp³-hybridized carbons (Fsp3) is 0.0556. The molecule has 0 spiro atoms. The lowest BCUT2D eigenvalue weighted by Gasteiger charge is -2.17. The number of rotatable bonds is 3. The fourth-order valence-corrected chi connectivity index (χ4v) is 2.39. The number of aromatic nitrogens is 2. The molecule has 2 heterocycles. The minimum atomic E-state index is 0.0435. The van der Waals surface area contributed by atoms with Gasteiger partial charge in [0.25, 0.3) is 0 Å². The molecule has 21 heavy (non-hydrogen) atoms. The Balaban J connectivity index is 2.10. The second kappa shape index (κ2) is 5.98. The van der Waals surface area contributed by atoms with Crippen LogP contribution in [0.15, 0.2) is 73.2 Å². The lowest BCUT2D eigenvalue weighted by molar-refractivity contribution is 0.914. The first-order valence-corrected chi connectivity index (χ1v) is 6.69. The average molecular weight is 271 g/mol. The molecule has 1 aromatic carbocycles. The van der Waals surface area contributed by atoms with Crippen LogP contribution in [0.25, 0.3) is 0 Å². The summed E-state index contributed by atoms with van der Waals surface area (Å²) in [6.07, 6.45) is 5.37. The number of nitriles is 1. The van der Waals surface area contributed by atoms with Gasteiger partial charge in [0.2, 0.25) is 0 Å². The van der Waals surface area contributed by atoms with Crippen LogP contribution in [-0.2, 0) is 0 Å². The van der Waals surface area contributed by atoms with Crippen molar-refractivity contribution in [3.63, 3.8) is 0 Å². The predicted molar refractivity (Wildman–Crippen MR) is 80.6 cm³/mol. The largest absolute Gasteiger partial charge is 0.265 e. The van der Waals surface area contributed by atoms with E-state index in [1.807, 2.05) is 54.6 Å². The smallest absolute Gasteiger partial charge is 0.0991 e. The molecule has 0 aliphatic heterocycles. The Labute approximate surface area is 123 Å². The van der Waals surface area contributed by atoms with Gasteiger partial charge in [0.1, 0.15) is 0 Å². The molecule has 0 fully saturated rings. The van der Waals surface area contributed by atoms with Crippen LogP contribution in [0.2, 0.25) is 0 Å². The van der Waals surface area contributed by atoms with Crippen molar-refractivity contribution in [2.24, 2.45) is 0 Å². The molecule has 3 nitrogen and oxygen atoms in total. The molecular formula is C18H13N3. The van der Waals surface area contributed by atoms with Gasteiger partial charge in [-0.2, -0.15) is 5.26 Å². The molecule has 0 N–H and O–H groups in total. The molecule has 0 saturated carbocycles. The van der Waals surface area contributed by atoms with Gasteiger partial charge in [-0.3, -0.25) is 9.97 Å². The molecule has 0 aliphatic rings. The lowest BCUT2D eigenvalue weighted by Crippen LogP contribution is -2.05. The summed E-state index contributed by atoms with van der Waals surface area (Å²) in [6.45, 7) is 0. The van der Waals surface area contributed by atoms with E-state index in [-0.39, 0.29) is 5.92 Å². The molecule has 3 aromatic rings. The van der Waals surface area contributed by atoms with Crippen molar-refractivity contribution in [2.45, 2.75) is 5.92 Å². The van der Waals surface area contributed by atoms with E-state index in [4.69, 9.17) is 5.26 Å². The molecule has 0 radical (unpaired) electrons. The van der Waals surface area contributed by atoms with Crippen LogP contribution >= 0.6 is 0 Å². The number of hydrogen-bond donors (Lipinski definition) is 0. The van der Waals surface area contributed by atoms with E-state index >= 15 is 0 Å². The molecule has 0 bridgehead atoms. The quantitative estimate of drug-likeness (QED) is 0.732. The third-order valence-electron chi connectivity index (χ3n) is 3.40. The Hall–Kier alpha value is -2.99. The van der Waals surface area contributed by atoms with Gasteiger partial charge in [0.05, 0.1) is 23.2 Å². The summed E-state index contributed by atoms with van der Waals surface area (Å²) >= 11 is 0. The summed E-state index contributed by atoms with van der Waals surface area (Å²) in [7, 11) is 0. The van der Waals surface area contributed by atoms with E-state index in [0.29, 0.717) is 5.56 Å². The molecule has 1 atom stereocenters. The van der Waals surface area contributed by atoms with Gasteiger partial charge in [0, 0.05) is 18.6 Å². The summed E-state index contributed by atoms with van der Waals surface area (Å²) in [5, 5.41) is 8.93. The standard InChI is InChI=1S/C18H13N3/c19-13-14-4-6-15(7-5-14)18(16-8-11-20-12-9-16)17-3-1-2-10-21-17/h1-12,18H. The highest BCUT2D eigenvalue weighted by Gasteiger charge is 2.17. The summed E-state index contributed by atoms with van der Waals surface area (Å²) in [5.74, 6) is 0.0435. The highest BCUT2D eigenvalue weighted by atomic mass is 14.7. The lowest BCUT2D eigenvalue weighted by atomic mass is 9.88. The maximum atomic E-state index is 8.93. The zero-order valence-corrected chi connectivity index (χ0v) is 11.3. The second-order valence-electron chi connectivity index (χ2n) is 4.70. The molecule has 2 aromatic heterocycles. The van der Waals surface area contributed by atoms with E-state index in [1.165, 1.54) is 0 Å². The number of nitrogens with zero attached hydrogens (tertiary/aromatic N) is 3. The van der Waals surface area contributed by atoms with Crippen LogP contribution in [0.5, 0.6) is 0 Å². The van der Waals surface area contributed by atoms with Crippen molar-refractivity contribution in [3.05, 3.63) is 95.6 Å². The van der Waals surface area contributed by atoms with Crippen LogP contribution in [0.4, 0.5) is 0 Å². The van der Waals surface area contributed by atoms with Gasteiger partial charge in [0.15, 0.2) is 0 Å². The van der Waals surface area contributed by atoms with Crippen molar-refractivity contribution in [1.82, 2.24) is 9.97 Å². The second-order valence-corrected chi connectivity index (χ2v) is 4.70. The monoisotopic (exact) mass is 271 g/mol. The van der Waals surface area contributed by atoms with Gasteiger partial charge in [-0.25, -0.2) is 0 Å². The van der Waals surface area contributed by atoms with Crippen LogP contribution in [-0.4, -0.2) is 9.97 Å². The van der Waals surface area contributed by atoms with Crippen LogP contribution in [0, 0.1) is 11.3 Å². The molecule has 0 amide bonds. The topological polar surface area (TPSA) is 49.6 Å². The Morgan fingerprint density at radius 2 is 1.52 bits per heavy atom. The molecule has 3 heteroatoms. The Kier molecular flexibility index (Phi) is 3.70. The summed E-state index contributed by atoms with van der Waals surface area (Å²) in [6, 6.07) is 19.7. The van der Waals surface area contributed by atoms with E-state index < -0.39 is 0 Å². The number of pyridine rings is 2. The van der Waals surface area contributed by atoms with Gasteiger partial charge in [-0.15, -0.1) is 0 Å². The summed E-state index contributed by atoms with van der Waals surface area (Å²) in [4.78, 5) is 8.57. The highest BCUT2D eigenvalue weighted by Crippen LogP contribution is 2.30. The Morgan fingerprint density at radius 3 is 2.14 bits per heavy atom. The molecule has 0 aliphatic carbocycles. The van der Waals surface area contributed by atoms with E-state index in [1.54, 1.807) is 18.6 Å². The van der Waals surface area contributed by atoms with Crippen LogP contribution < -0.4 is 0 Å². The summed E-state index contributed by atoms with van der Waals surface area (Å²) in [5.41, 5.74) is 3.88. The predicted octanol–water partition coefficient (Wildman–Crippen LogP) is 3.53. The SMILES string of the molecule is N#Cc1ccc(C(c2ccncc2)c2ccccn2)cc1. The van der Waals surface area contributed by atoms with Crippen molar-refractivity contribution in [3.8, 4) is 6.07 Å². The molecular weight excluding hydrogens is 258 g/mol. The first-order chi connectivity index (χ1) is 10.4. The van der Waals surface area contributed by atoms with Gasteiger partial charge in [-0.05, 0) is 47.5 Å². The van der Waals surface area contributed by atoms with Gasteiger partial charge < -0.3 is 0 Å². The van der Waals surface area contributed by atoms with Crippen molar-refractivity contribution in [1.29, 1.82) is 5.26 Å². The van der Waals surface area contributed by atoms with E-state index in [0.717, 1.165) is 16.8 Å². The van der Waals surface area contributed by atoms with Gasteiger partial charge >= 0.3 is 0 Å². The van der Waals surface area contributed by atoms with Gasteiger partial charge in [-0.1, -0.05) is 18.2 Å². The zero-order chi connectivity index (χ0) is 14.5. The number of benzene rings is 1. The maximum Gasteiger partial charge on any atom is 0.0991 e. The third kappa shape index (κ3) is 2.80. The minimum Gasteiger partial charge on any atom is -0.265 e. The number of hydrogen-bond acceptors (Lipinski definition) is 3. The normalized spacial score (nSPS) is 11.6. The first-order valence-electron chi connectivity index (χ1n) is 6.69. The van der Waals surface area contributed by atoms with Crippen LogP contribution in [0.1, 0.15) is 28.3 Å². The first kappa shape index (κ1) is 13.0. The molecule has 0 saturated heterocycles. The van der Waals surface area contributed by atoms with Crippen LogP contribution in [0.3, 0.4) is 0 Å². The average Bonchev–Trinajstić information content (AvgIpc) is 2.58. The maximum absolute atomic E-state index is 8.93. The van der Waals surface area contributed by atoms with Crippen molar-refractivity contribution < 1.29 is 0 Å². The summed E-state index contributed by atoms with van der Waals surface area (Å²) < 4.78 is 0. The Bertz CT molecular complexity index is 704. The highest BCUT2D eigenvalue weighted by molar-refractivity contribution is 5.42. The Morgan fingerprint density at radius 1 is 0.810 bits per heavy atom. The third-order valence-corrected chi connectivity index (χ3v) is 3.40. The molecule has 1 unspecified atom stereocenters. The minimum absolute atomic E-state index is 0.0435. The van der Waals surface area contributed by atoms with E-state index in [9.17, 15) is 0 Å². The fourth-order valence-electron chi connectivity index (χ4n) is 2.39.